The lowest BCUT2D eigenvalue weighted by molar-refractivity contribution is 0.275. The lowest BCUT2D eigenvalue weighted by Gasteiger charge is -2.01. The second-order valence-electron chi connectivity index (χ2n) is 3.24. The van der Waals surface area contributed by atoms with Crippen LogP contribution in [0.3, 0.4) is 0 Å². The minimum absolute atomic E-state index is 0.509. The second kappa shape index (κ2) is 3.50. The average Bonchev–Trinajstić information content (AvgIpc) is 2.48. The molecule has 0 unspecified atom stereocenters. The molecule has 0 bridgehead atoms. The number of benzene rings is 1. The fourth-order valence-corrected chi connectivity index (χ4v) is 1.61. The molecule has 68 valence electrons. The molecule has 1 aromatic carbocycles. The van der Waals surface area contributed by atoms with Crippen molar-refractivity contribution >= 4 is 12.6 Å². The molecule has 0 amide bonds. The van der Waals surface area contributed by atoms with Crippen LogP contribution in [0, 0.1) is 0 Å². The first-order valence-electron chi connectivity index (χ1n) is 4.42. The maximum atomic E-state index is 9.36. The highest BCUT2D eigenvalue weighted by molar-refractivity contribution is 6.61. The van der Waals surface area contributed by atoms with E-state index in [0.717, 1.165) is 17.4 Å². The Hall–Kier alpha value is -0.835. The van der Waals surface area contributed by atoms with Crippen LogP contribution in [0.1, 0.15) is 11.1 Å². The highest BCUT2D eigenvalue weighted by atomic mass is 16.5. The van der Waals surface area contributed by atoms with Gasteiger partial charge >= 0.3 is 7.12 Å². The molecule has 1 aromatic rings. The quantitative estimate of drug-likeness (QED) is 0.593. The van der Waals surface area contributed by atoms with E-state index in [9.17, 15) is 5.02 Å². The summed E-state index contributed by atoms with van der Waals surface area (Å²) in [4.78, 5) is 0. The topological polar surface area (TPSA) is 55.5 Å². The van der Waals surface area contributed by atoms with Gasteiger partial charge in [-0.2, -0.15) is 0 Å². The lowest BCUT2D eigenvalue weighted by Crippen LogP contribution is -2.27. The Morgan fingerprint density at radius 2 is 2.38 bits per heavy atom. The first-order chi connectivity index (χ1) is 6.31. The van der Waals surface area contributed by atoms with Crippen LogP contribution >= 0.6 is 0 Å². The first kappa shape index (κ1) is 8.75. The molecule has 0 saturated heterocycles. The standard InChI is InChI=1S/C9H12BNO2/c11-4-3-7-1-2-9-8(5-7)6-13-10(9)12/h1-2,5,12H,3-4,6,11H2. The van der Waals surface area contributed by atoms with Crippen molar-refractivity contribution in [3.8, 4) is 0 Å². The van der Waals surface area contributed by atoms with Crippen LogP contribution in [0.4, 0.5) is 0 Å². The molecule has 0 aromatic heterocycles. The van der Waals surface area contributed by atoms with Crippen molar-refractivity contribution in [2.75, 3.05) is 6.54 Å². The van der Waals surface area contributed by atoms with Crippen molar-refractivity contribution in [3.05, 3.63) is 29.3 Å². The summed E-state index contributed by atoms with van der Waals surface area (Å²) in [6.07, 6.45) is 0.878. The fourth-order valence-electron chi connectivity index (χ4n) is 1.61. The highest BCUT2D eigenvalue weighted by Gasteiger charge is 2.26. The fraction of sp³-hybridized carbons (Fsp3) is 0.333. The molecule has 1 aliphatic heterocycles. The summed E-state index contributed by atoms with van der Waals surface area (Å²) in [5, 5.41) is 9.36. The normalized spacial score (nSPS) is 14.8. The van der Waals surface area contributed by atoms with Gasteiger partial charge in [0.15, 0.2) is 0 Å². The number of rotatable bonds is 2. The van der Waals surface area contributed by atoms with E-state index in [0.29, 0.717) is 13.2 Å². The van der Waals surface area contributed by atoms with Crippen LogP contribution in [-0.2, 0) is 17.7 Å². The zero-order valence-electron chi connectivity index (χ0n) is 7.36. The predicted molar refractivity (Wildman–Crippen MR) is 51.6 cm³/mol. The minimum Gasteiger partial charge on any atom is -0.423 e. The molecule has 0 saturated carbocycles. The van der Waals surface area contributed by atoms with Gasteiger partial charge in [-0.25, -0.2) is 0 Å². The van der Waals surface area contributed by atoms with E-state index >= 15 is 0 Å². The molecular formula is C9H12BNO2. The zero-order chi connectivity index (χ0) is 9.26. The van der Waals surface area contributed by atoms with Gasteiger partial charge in [0, 0.05) is 0 Å². The summed E-state index contributed by atoms with van der Waals surface area (Å²) in [5.74, 6) is 0. The second-order valence-corrected chi connectivity index (χ2v) is 3.24. The molecule has 0 radical (unpaired) electrons. The third-order valence-electron chi connectivity index (χ3n) is 2.30. The van der Waals surface area contributed by atoms with E-state index in [4.69, 9.17) is 10.4 Å². The average molecular weight is 177 g/mol. The Labute approximate surface area is 77.7 Å². The van der Waals surface area contributed by atoms with E-state index in [-0.39, 0.29) is 0 Å². The molecular weight excluding hydrogens is 165 g/mol. The summed E-state index contributed by atoms with van der Waals surface area (Å²) in [6, 6.07) is 5.96. The zero-order valence-corrected chi connectivity index (χ0v) is 7.36. The highest BCUT2D eigenvalue weighted by Crippen LogP contribution is 2.11. The summed E-state index contributed by atoms with van der Waals surface area (Å²) in [5.41, 5.74) is 8.63. The lowest BCUT2D eigenvalue weighted by atomic mass is 9.79. The Morgan fingerprint density at radius 3 is 3.15 bits per heavy atom. The molecule has 1 heterocycles. The van der Waals surface area contributed by atoms with Crippen molar-refractivity contribution in [1.29, 1.82) is 0 Å². The van der Waals surface area contributed by atoms with Crippen LogP contribution in [-0.4, -0.2) is 18.7 Å². The largest absolute Gasteiger partial charge is 0.491 e. The summed E-state index contributed by atoms with van der Waals surface area (Å²) >= 11 is 0. The van der Waals surface area contributed by atoms with Gasteiger partial charge in [0.2, 0.25) is 0 Å². The molecule has 2 rings (SSSR count). The molecule has 13 heavy (non-hydrogen) atoms. The first-order valence-corrected chi connectivity index (χ1v) is 4.42. The molecule has 0 atom stereocenters. The van der Waals surface area contributed by atoms with Gasteiger partial charge in [-0.05, 0) is 29.6 Å². The van der Waals surface area contributed by atoms with Gasteiger partial charge in [-0.3, -0.25) is 0 Å². The van der Waals surface area contributed by atoms with Gasteiger partial charge in [-0.1, -0.05) is 18.2 Å². The number of fused-ring (bicyclic) bond motifs is 1. The van der Waals surface area contributed by atoms with E-state index < -0.39 is 7.12 Å². The maximum Gasteiger partial charge on any atom is 0.491 e. The molecule has 3 N–H and O–H groups in total. The van der Waals surface area contributed by atoms with Crippen LogP contribution in [0.5, 0.6) is 0 Å². The molecule has 0 aliphatic carbocycles. The van der Waals surface area contributed by atoms with Crippen LogP contribution in [0.25, 0.3) is 0 Å². The molecule has 0 fully saturated rings. The van der Waals surface area contributed by atoms with Gasteiger partial charge in [0.25, 0.3) is 0 Å². The summed E-state index contributed by atoms with van der Waals surface area (Å²) in [7, 11) is -0.734. The predicted octanol–water partition coefficient (Wildman–Crippen LogP) is -0.595. The van der Waals surface area contributed by atoms with Crippen molar-refractivity contribution in [2.45, 2.75) is 13.0 Å². The Bertz CT molecular complexity index is 316. The van der Waals surface area contributed by atoms with E-state index in [2.05, 4.69) is 6.07 Å². The third kappa shape index (κ3) is 1.61. The number of hydrogen-bond donors (Lipinski definition) is 2. The Kier molecular flexibility index (Phi) is 2.35. The Morgan fingerprint density at radius 1 is 1.54 bits per heavy atom. The van der Waals surface area contributed by atoms with Crippen LogP contribution in [0.2, 0.25) is 0 Å². The van der Waals surface area contributed by atoms with Gasteiger partial charge in [0.05, 0.1) is 6.61 Å². The van der Waals surface area contributed by atoms with Crippen molar-refractivity contribution in [2.24, 2.45) is 5.73 Å². The third-order valence-corrected chi connectivity index (χ3v) is 2.30. The smallest absolute Gasteiger partial charge is 0.423 e. The summed E-state index contributed by atoms with van der Waals surface area (Å²) in [6.45, 7) is 1.16. The number of hydrogen-bond acceptors (Lipinski definition) is 3. The number of nitrogens with two attached hydrogens (primary N) is 1. The van der Waals surface area contributed by atoms with Crippen molar-refractivity contribution < 1.29 is 9.68 Å². The van der Waals surface area contributed by atoms with E-state index in [1.54, 1.807) is 0 Å². The van der Waals surface area contributed by atoms with Crippen LogP contribution in [0.15, 0.2) is 18.2 Å². The molecule has 1 aliphatic rings. The maximum absolute atomic E-state index is 9.36. The van der Waals surface area contributed by atoms with E-state index in [1.165, 1.54) is 5.56 Å². The monoisotopic (exact) mass is 177 g/mol. The van der Waals surface area contributed by atoms with E-state index in [1.807, 2.05) is 12.1 Å². The molecule has 4 heteroatoms. The molecule has 0 spiro atoms. The van der Waals surface area contributed by atoms with Gasteiger partial charge in [0.1, 0.15) is 0 Å². The van der Waals surface area contributed by atoms with Gasteiger partial charge < -0.3 is 15.4 Å². The molecule has 3 nitrogen and oxygen atoms in total. The van der Waals surface area contributed by atoms with Gasteiger partial charge in [-0.15, -0.1) is 0 Å². The SMILES string of the molecule is NCCc1ccc2c(c1)COB2O. The van der Waals surface area contributed by atoms with Crippen molar-refractivity contribution in [1.82, 2.24) is 0 Å². The minimum atomic E-state index is -0.734. The Balaban J connectivity index is 2.29. The summed E-state index contributed by atoms with van der Waals surface area (Å²) < 4.78 is 5.08. The van der Waals surface area contributed by atoms with Crippen molar-refractivity contribution in [3.63, 3.8) is 0 Å². The van der Waals surface area contributed by atoms with Crippen LogP contribution < -0.4 is 11.2 Å².